The van der Waals surface area contributed by atoms with Crippen molar-refractivity contribution in [2.45, 2.75) is 25.1 Å². The number of rotatable bonds is 5. The SMILES string of the molecule is COc1ccnc(CN2C[C@H](OC)C[C@H]2c2nncn2C)c1. The fraction of sp³-hybridized carbons (Fsp3) is 0.533. The zero-order valence-electron chi connectivity index (χ0n) is 13.1. The third-order valence-electron chi connectivity index (χ3n) is 4.13. The van der Waals surface area contributed by atoms with Crippen LogP contribution in [0, 0.1) is 0 Å². The first-order chi connectivity index (χ1) is 10.7. The molecule has 2 atom stereocenters. The monoisotopic (exact) mass is 303 g/mol. The van der Waals surface area contributed by atoms with Crippen molar-refractivity contribution in [2.24, 2.45) is 7.05 Å². The van der Waals surface area contributed by atoms with Crippen molar-refractivity contribution < 1.29 is 9.47 Å². The molecule has 1 fully saturated rings. The van der Waals surface area contributed by atoms with Gasteiger partial charge >= 0.3 is 0 Å². The van der Waals surface area contributed by atoms with E-state index >= 15 is 0 Å². The molecule has 2 aromatic rings. The van der Waals surface area contributed by atoms with Gasteiger partial charge in [-0.05, 0) is 12.5 Å². The topological polar surface area (TPSA) is 65.3 Å². The van der Waals surface area contributed by atoms with Gasteiger partial charge in [-0.2, -0.15) is 0 Å². The van der Waals surface area contributed by atoms with E-state index in [4.69, 9.17) is 9.47 Å². The van der Waals surface area contributed by atoms with Gasteiger partial charge in [0.05, 0.1) is 24.9 Å². The number of hydrogen-bond donors (Lipinski definition) is 0. The number of aromatic nitrogens is 4. The van der Waals surface area contributed by atoms with Gasteiger partial charge in [0.25, 0.3) is 0 Å². The van der Waals surface area contributed by atoms with E-state index in [9.17, 15) is 0 Å². The van der Waals surface area contributed by atoms with Gasteiger partial charge in [0, 0.05) is 39.5 Å². The largest absolute Gasteiger partial charge is 0.497 e. The Balaban J connectivity index is 1.81. The first kappa shape index (κ1) is 14.9. The molecule has 118 valence electrons. The second kappa shape index (κ2) is 6.41. The maximum atomic E-state index is 5.55. The lowest BCUT2D eigenvalue weighted by Crippen LogP contribution is -2.26. The molecule has 22 heavy (non-hydrogen) atoms. The summed E-state index contributed by atoms with van der Waals surface area (Å²) >= 11 is 0. The first-order valence-corrected chi connectivity index (χ1v) is 7.31. The number of ether oxygens (including phenoxy) is 2. The maximum Gasteiger partial charge on any atom is 0.150 e. The number of hydrogen-bond acceptors (Lipinski definition) is 6. The molecule has 0 aromatic carbocycles. The van der Waals surface area contributed by atoms with Crippen LogP contribution in [0.1, 0.15) is 24.0 Å². The highest BCUT2D eigenvalue weighted by atomic mass is 16.5. The highest BCUT2D eigenvalue weighted by molar-refractivity contribution is 5.22. The van der Waals surface area contributed by atoms with Crippen molar-refractivity contribution in [3.05, 3.63) is 36.2 Å². The van der Waals surface area contributed by atoms with Crippen molar-refractivity contribution in [3.8, 4) is 5.75 Å². The molecule has 0 aliphatic carbocycles. The molecule has 0 spiro atoms. The Morgan fingerprint density at radius 1 is 1.36 bits per heavy atom. The van der Waals surface area contributed by atoms with Crippen LogP contribution in [0.15, 0.2) is 24.7 Å². The number of aryl methyl sites for hydroxylation is 1. The average molecular weight is 303 g/mol. The predicted octanol–water partition coefficient (Wildman–Crippen LogP) is 1.18. The molecule has 0 amide bonds. The Morgan fingerprint density at radius 2 is 2.23 bits per heavy atom. The fourth-order valence-electron chi connectivity index (χ4n) is 2.95. The molecule has 3 heterocycles. The summed E-state index contributed by atoms with van der Waals surface area (Å²) in [6, 6.07) is 4.00. The zero-order valence-corrected chi connectivity index (χ0v) is 13.1. The van der Waals surface area contributed by atoms with Crippen LogP contribution in [-0.2, 0) is 18.3 Å². The highest BCUT2D eigenvalue weighted by Crippen LogP contribution is 2.33. The normalized spacial score (nSPS) is 22.1. The minimum Gasteiger partial charge on any atom is -0.497 e. The molecule has 7 nitrogen and oxygen atoms in total. The lowest BCUT2D eigenvalue weighted by atomic mass is 10.2. The molecule has 0 unspecified atom stereocenters. The third-order valence-corrected chi connectivity index (χ3v) is 4.13. The van der Waals surface area contributed by atoms with Crippen molar-refractivity contribution in [2.75, 3.05) is 20.8 Å². The predicted molar refractivity (Wildman–Crippen MR) is 80.4 cm³/mol. The van der Waals surface area contributed by atoms with Gasteiger partial charge in [-0.3, -0.25) is 9.88 Å². The van der Waals surface area contributed by atoms with Gasteiger partial charge in [0.2, 0.25) is 0 Å². The van der Waals surface area contributed by atoms with E-state index in [-0.39, 0.29) is 12.1 Å². The van der Waals surface area contributed by atoms with Crippen LogP contribution in [0.5, 0.6) is 5.75 Å². The second-order valence-electron chi connectivity index (χ2n) is 5.53. The van der Waals surface area contributed by atoms with Crippen LogP contribution in [0.25, 0.3) is 0 Å². The first-order valence-electron chi connectivity index (χ1n) is 7.31. The van der Waals surface area contributed by atoms with E-state index in [0.29, 0.717) is 0 Å². The molecule has 1 aliphatic heterocycles. The standard InChI is InChI=1S/C15H21N5O2/c1-19-10-17-18-15(19)14-7-13(22-3)9-20(14)8-11-6-12(21-2)4-5-16-11/h4-6,10,13-14H,7-9H2,1-3H3/t13-,14+/m1/s1. The van der Waals surface area contributed by atoms with Gasteiger partial charge in [-0.1, -0.05) is 0 Å². The Labute approximate surface area is 129 Å². The van der Waals surface area contributed by atoms with Gasteiger partial charge in [0.15, 0.2) is 0 Å². The Kier molecular flexibility index (Phi) is 4.35. The van der Waals surface area contributed by atoms with E-state index < -0.39 is 0 Å². The van der Waals surface area contributed by atoms with Crippen LogP contribution in [0.3, 0.4) is 0 Å². The maximum absolute atomic E-state index is 5.55. The number of likely N-dealkylation sites (tertiary alicyclic amines) is 1. The molecule has 3 rings (SSSR count). The molecular formula is C15H21N5O2. The number of nitrogens with zero attached hydrogens (tertiary/aromatic N) is 5. The van der Waals surface area contributed by atoms with Crippen LogP contribution in [0.2, 0.25) is 0 Å². The van der Waals surface area contributed by atoms with Crippen molar-refractivity contribution in [1.82, 2.24) is 24.6 Å². The number of methoxy groups -OCH3 is 2. The Hall–Kier alpha value is -1.99. The summed E-state index contributed by atoms with van der Waals surface area (Å²) in [5.41, 5.74) is 0.975. The van der Waals surface area contributed by atoms with E-state index in [1.807, 2.05) is 23.7 Å². The smallest absolute Gasteiger partial charge is 0.150 e. The van der Waals surface area contributed by atoms with Crippen molar-refractivity contribution >= 4 is 0 Å². The molecule has 2 aromatic heterocycles. The molecule has 7 heteroatoms. The third kappa shape index (κ3) is 2.95. The van der Waals surface area contributed by atoms with E-state index in [2.05, 4.69) is 20.1 Å². The molecule has 1 saturated heterocycles. The van der Waals surface area contributed by atoms with Crippen LogP contribution < -0.4 is 4.74 Å². The van der Waals surface area contributed by atoms with Crippen LogP contribution in [-0.4, -0.2) is 51.5 Å². The summed E-state index contributed by atoms with van der Waals surface area (Å²) in [6.07, 6.45) is 4.62. The average Bonchev–Trinajstić information content (AvgIpc) is 3.13. The summed E-state index contributed by atoms with van der Waals surface area (Å²) in [6.45, 7) is 1.58. The molecule has 0 radical (unpaired) electrons. The minimum atomic E-state index is 0.186. The van der Waals surface area contributed by atoms with Gasteiger partial charge < -0.3 is 14.0 Å². The highest BCUT2D eigenvalue weighted by Gasteiger charge is 2.35. The Bertz CT molecular complexity index is 630. The lowest BCUT2D eigenvalue weighted by molar-refractivity contribution is 0.107. The van der Waals surface area contributed by atoms with Gasteiger partial charge in [-0.15, -0.1) is 10.2 Å². The quantitative estimate of drug-likeness (QED) is 0.826. The van der Waals surface area contributed by atoms with Crippen LogP contribution >= 0.6 is 0 Å². The molecule has 1 aliphatic rings. The van der Waals surface area contributed by atoms with Crippen molar-refractivity contribution in [3.63, 3.8) is 0 Å². The fourth-order valence-corrected chi connectivity index (χ4v) is 2.95. The summed E-state index contributed by atoms with van der Waals surface area (Å²) in [5, 5.41) is 8.26. The Morgan fingerprint density at radius 3 is 2.91 bits per heavy atom. The summed E-state index contributed by atoms with van der Waals surface area (Å²) < 4.78 is 12.8. The van der Waals surface area contributed by atoms with Crippen molar-refractivity contribution in [1.29, 1.82) is 0 Å². The van der Waals surface area contributed by atoms with E-state index in [1.165, 1.54) is 0 Å². The lowest BCUT2D eigenvalue weighted by Gasteiger charge is -2.22. The summed E-state index contributed by atoms with van der Waals surface area (Å²) in [5.74, 6) is 1.78. The minimum absolute atomic E-state index is 0.186. The molecule has 0 bridgehead atoms. The number of pyridine rings is 1. The summed E-state index contributed by atoms with van der Waals surface area (Å²) in [4.78, 5) is 6.77. The molecular weight excluding hydrogens is 282 g/mol. The van der Waals surface area contributed by atoms with E-state index in [0.717, 1.165) is 36.8 Å². The second-order valence-corrected chi connectivity index (χ2v) is 5.53. The molecule has 0 saturated carbocycles. The zero-order chi connectivity index (χ0) is 15.5. The van der Waals surface area contributed by atoms with E-state index in [1.54, 1.807) is 26.7 Å². The van der Waals surface area contributed by atoms with Crippen LogP contribution in [0.4, 0.5) is 0 Å². The van der Waals surface area contributed by atoms with Gasteiger partial charge in [-0.25, -0.2) is 0 Å². The summed E-state index contributed by atoms with van der Waals surface area (Å²) in [7, 11) is 5.39. The molecule has 0 N–H and O–H groups in total. The van der Waals surface area contributed by atoms with Gasteiger partial charge in [0.1, 0.15) is 17.9 Å².